The Labute approximate surface area is 112 Å². The van der Waals surface area contributed by atoms with Gasteiger partial charge in [-0.1, -0.05) is 6.07 Å². The maximum Gasteiger partial charge on any atom is 0.319 e. The highest BCUT2D eigenvalue weighted by Crippen LogP contribution is 2.24. The maximum absolute atomic E-state index is 13.4. The Morgan fingerprint density at radius 3 is 2.72 bits per heavy atom. The first kappa shape index (κ1) is 14.4. The lowest BCUT2D eigenvalue weighted by Crippen LogP contribution is -2.30. The lowest BCUT2D eigenvalue weighted by Gasteiger charge is -2.09. The number of anilines is 1. The molecule has 1 aromatic rings. The molecular formula is C11H12BrFN2O3. The van der Waals surface area contributed by atoms with Gasteiger partial charge in [0.1, 0.15) is 5.82 Å². The van der Waals surface area contributed by atoms with Crippen molar-refractivity contribution in [2.24, 2.45) is 0 Å². The smallest absolute Gasteiger partial charge is 0.319 e. The van der Waals surface area contributed by atoms with E-state index in [4.69, 9.17) is 5.11 Å². The second kappa shape index (κ2) is 6.95. The molecule has 0 saturated carbocycles. The van der Waals surface area contributed by atoms with E-state index in [1.165, 1.54) is 12.1 Å². The average Bonchev–Trinajstić information content (AvgIpc) is 2.29. The van der Waals surface area contributed by atoms with E-state index in [1.54, 1.807) is 6.07 Å². The summed E-state index contributed by atoms with van der Waals surface area (Å²) >= 11 is 3.12. The summed E-state index contributed by atoms with van der Waals surface area (Å²) in [5.74, 6) is -1.47. The highest BCUT2D eigenvalue weighted by Gasteiger charge is 2.09. The number of nitrogens with one attached hydrogen (secondary N) is 2. The van der Waals surface area contributed by atoms with Gasteiger partial charge in [0, 0.05) is 17.4 Å². The molecule has 0 fully saturated rings. The summed E-state index contributed by atoms with van der Waals surface area (Å²) in [6.07, 6.45) is 0.296. The van der Waals surface area contributed by atoms with Crippen LogP contribution in [-0.2, 0) is 4.79 Å². The number of hydrogen-bond donors (Lipinski definition) is 3. The van der Waals surface area contributed by atoms with Crippen molar-refractivity contribution in [3.05, 3.63) is 28.5 Å². The first-order valence-electron chi connectivity index (χ1n) is 5.21. The van der Waals surface area contributed by atoms with Crippen molar-refractivity contribution < 1.29 is 19.1 Å². The zero-order chi connectivity index (χ0) is 13.5. The molecule has 0 aliphatic carbocycles. The predicted molar refractivity (Wildman–Crippen MR) is 68.0 cm³/mol. The molecule has 1 aromatic carbocycles. The van der Waals surface area contributed by atoms with Gasteiger partial charge in [-0.05, 0) is 34.5 Å². The SMILES string of the molecule is O=C(O)CCCNC(=O)Nc1c(F)cccc1Br. The molecule has 98 valence electrons. The molecule has 0 bridgehead atoms. The number of aliphatic carboxylic acids is 1. The molecule has 0 heterocycles. The summed E-state index contributed by atoms with van der Waals surface area (Å²) < 4.78 is 13.8. The van der Waals surface area contributed by atoms with Crippen molar-refractivity contribution in [2.45, 2.75) is 12.8 Å². The summed E-state index contributed by atoms with van der Waals surface area (Å²) in [6, 6.07) is 3.76. The summed E-state index contributed by atoms with van der Waals surface area (Å²) in [7, 11) is 0. The molecule has 0 saturated heterocycles. The van der Waals surface area contributed by atoms with Crippen LogP contribution in [0.4, 0.5) is 14.9 Å². The zero-order valence-electron chi connectivity index (χ0n) is 9.37. The molecule has 0 spiro atoms. The molecule has 5 nitrogen and oxygen atoms in total. The van der Waals surface area contributed by atoms with Crippen LogP contribution in [0.5, 0.6) is 0 Å². The van der Waals surface area contributed by atoms with Crippen molar-refractivity contribution >= 4 is 33.6 Å². The van der Waals surface area contributed by atoms with Gasteiger partial charge in [0.15, 0.2) is 0 Å². The summed E-state index contributed by atoms with van der Waals surface area (Å²) in [5.41, 5.74) is 0.0493. The molecular weight excluding hydrogens is 307 g/mol. The Hall–Kier alpha value is -1.63. The molecule has 2 amide bonds. The molecule has 0 aliphatic heterocycles. The van der Waals surface area contributed by atoms with E-state index in [9.17, 15) is 14.0 Å². The van der Waals surface area contributed by atoms with Gasteiger partial charge in [-0.3, -0.25) is 4.79 Å². The molecule has 0 atom stereocenters. The zero-order valence-corrected chi connectivity index (χ0v) is 11.0. The van der Waals surface area contributed by atoms with Gasteiger partial charge in [-0.15, -0.1) is 0 Å². The van der Waals surface area contributed by atoms with Crippen LogP contribution in [0.1, 0.15) is 12.8 Å². The summed E-state index contributed by atoms with van der Waals surface area (Å²) in [6.45, 7) is 0.213. The van der Waals surface area contributed by atoms with E-state index in [0.29, 0.717) is 10.9 Å². The van der Waals surface area contributed by atoms with Crippen molar-refractivity contribution in [3.63, 3.8) is 0 Å². The molecule has 1 rings (SSSR count). The number of urea groups is 1. The number of rotatable bonds is 5. The van der Waals surface area contributed by atoms with Gasteiger partial charge in [0.05, 0.1) is 5.69 Å². The highest BCUT2D eigenvalue weighted by molar-refractivity contribution is 9.10. The van der Waals surface area contributed by atoms with E-state index in [0.717, 1.165) is 0 Å². The Morgan fingerprint density at radius 2 is 2.11 bits per heavy atom. The van der Waals surface area contributed by atoms with Crippen molar-refractivity contribution in [3.8, 4) is 0 Å². The molecule has 18 heavy (non-hydrogen) atoms. The van der Waals surface area contributed by atoms with Gasteiger partial charge in [-0.25, -0.2) is 9.18 Å². The van der Waals surface area contributed by atoms with E-state index in [2.05, 4.69) is 26.6 Å². The van der Waals surface area contributed by atoms with Crippen LogP contribution in [0.15, 0.2) is 22.7 Å². The van der Waals surface area contributed by atoms with Crippen LogP contribution >= 0.6 is 15.9 Å². The number of carbonyl (C=O) groups excluding carboxylic acids is 1. The third kappa shape index (κ3) is 4.70. The fourth-order valence-electron chi connectivity index (χ4n) is 1.22. The number of carboxylic acid groups (broad SMARTS) is 1. The van der Waals surface area contributed by atoms with Gasteiger partial charge < -0.3 is 15.7 Å². The van der Waals surface area contributed by atoms with E-state index < -0.39 is 17.8 Å². The van der Waals surface area contributed by atoms with Crippen molar-refractivity contribution in [2.75, 3.05) is 11.9 Å². The van der Waals surface area contributed by atoms with Gasteiger partial charge in [-0.2, -0.15) is 0 Å². The van der Waals surface area contributed by atoms with Crippen LogP contribution in [0, 0.1) is 5.82 Å². The minimum absolute atomic E-state index is 0.0241. The number of para-hydroxylation sites is 1. The van der Waals surface area contributed by atoms with Crippen LogP contribution in [0.2, 0.25) is 0 Å². The number of amides is 2. The number of hydrogen-bond acceptors (Lipinski definition) is 2. The van der Waals surface area contributed by atoms with Gasteiger partial charge in [0.25, 0.3) is 0 Å². The van der Waals surface area contributed by atoms with E-state index in [-0.39, 0.29) is 18.7 Å². The summed E-state index contributed by atoms with van der Waals surface area (Å²) in [4.78, 5) is 21.6. The van der Waals surface area contributed by atoms with Crippen molar-refractivity contribution in [1.82, 2.24) is 5.32 Å². The molecule has 3 N–H and O–H groups in total. The first-order chi connectivity index (χ1) is 8.50. The van der Waals surface area contributed by atoms with Crippen LogP contribution < -0.4 is 10.6 Å². The Bertz CT molecular complexity index is 434. The molecule has 0 unspecified atom stereocenters. The monoisotopic (exact) mass is 318 g/mol. The fraction of sp³-hybridized carbons (Fsp3) is 0.273. The first-order valence-corrected chi connectivity index (χ1v) is 6.00. The van der Waals surface area contributed by atoms with E-state index in [1.807, 2.05) is 0 Å². The molecule has 0 aromatic heterocycles. The number of carboxylic acids is 1. The van der Waals surface area contributed by atoms with E-state index >= 15 is 0 Å². The minimum atomic E-state index is -0.922. The Balaban J connectivity index is 2.43. The standard InChI is InChI=1S/C11H12BrFN2O3/c12-7-3-1-4-8(13)10(7)15-11(18)14-6-2-5-9(16)17/h1,3-4H,2,5-6H2,(H,16,17)(H2,14,15,18). The maximum atomic E-state index is 13.4. The second-order valence-corrected chi connectivity index (χ2v) is 4.33. The van der Waals surface area contributed by atoms with Gasteiger partial charge in [0.2, 0.25) is 0 Å². The quantitative estimate of drug-likeness (QED) is 0.730. The van der Waals surface area contributed by atoms with Crippen LogP contribution in [-0.4, -0.2) is 23.7 Å². The Kier molecular flexibility index (Phi) is 5.57. The third-order valence-corrected chi connectivity index (χ3v) is 2.72. The normalized spacial score (nSPS) is 9.89. The lowest BCUT2D eigenvalue weighted by atomic mass is 10.3. The summed E-state index contributed by atoms with van der Waals surface area (Å²) in [5, 5.41) is 13.2. The molecule has 0 aliphatic rings. The lowest BCUT2D eigenvalue weighted by molar-refractivity contribution is -0.137. The predicted octanol–water partition coefficient (Wildman–Crippen LogP) is 2.57. The molecule has 0 radical (unpaired) electrons. The number of carbonyl (C=O) groups is 2. The van der Waals surface area contributed by atoms with Crippen LogP contribution in [0.25, 0.3) is 0 Å². The average molecular weight is 319 g/mol. The highest BCUT2D eigenvalue weighted by atomic mass is 79.9. The largest absolute Gasteiger partial charge is 0.481 e. The Morgan fingerprint density at radius 1 is 1.39 bits per heavy atom. The van der Waals surface area contributed by atoms with Crippen molar-refractivity contribution in [1.29, 1.82) is 0 Å². The minimum Gasteiger partial charge on any atom is -0.481 e. The number of halogens is 2. The van der Waals surface area contributed by atoms with Gasteiger partial charge >= 0.3 is 12.0 Å². The second-order valence-electron chi connectivity index (χ2n) is 3.47. The fourth-order valence-corrected chi connectivity index (χ4v) is 1.66. The molecule has 7 heteroatoms. The topological polar surface area (TPSA) is 78.4 Å². The van der Waals surface area contributed by atoms with Crippen LogP contribution in [0.3, 0.4) is 0 Å². The third-order valence-electron chi connectivity index (χ3n) is 2.05. The number of benzene rings is 1.